The quantitative estimate of drug-likeness (QED) is 0.770. The van der Waals surface area contributed by atoms with Gasteiger partial charge in [-0.05, 0) is 18.3 Å². The van der Waals surface area contributed by atoms with E-state index in [1.54, 1.807) is 6.92 Å². The predicted octanol–water partition coefficient (Wildman–Crippen LogP) is 2.35. The van der Waals surface area contributed by atoms with E-state index in [4.69, 9.17) is 9.47 Å². The summed E-state index contributed by atoms with van der Waals surface area (Å²) in [6, 6.07) is -0.698. The van der Waals surface area contributed by atoms with Gasteiger partial charge in [-0.1, -0.05) is 34.6 Å². The second-order valence-electron chi connectivity index (χ2n) is 6.03. The van der Waals surface area contributed by atoms with Crippen molar-refractivity contribution < 1.29 is 19.1 Å². The van der Waals surface area contributed by atoms with Gasteiger partial charge in [0, 0.05) is 0 Å². The van der Waals surface area contributed by atoms with E-state index in [1.165, 1.54) is 0 Å². The molecular formula is C13H25NO4. The van der Waals surface area contributed by atoms with Crippen molar-refractivity contribution in [3.63, 3.8) is 0 Å². The SMILES string of the molecule is CC(C)COC(=O)[C@H](C)NC(=O)OCC(C)(C)C. The summed E-state index contributed by atoms with van der Waals surface area (Å²) >= 11 is 0. The molecule has 0 aliphatic rings. The molecule has 0 fully saturated rings. The van der Waals surface area contributed by atoms with E-state index in [9.17, 15) is 9.59 Å². The first kappa shape index (κ1) is 16.7. The Kier molecular flexibility index (Phi) is 6.73. The van der Waals surface area contributed by atoms with E-state index in [2.05, 4.69) is 5.32 Å². The molecule has 18 heavy (non-hydrogen) atoms. The summed E-state index contributed by atoms with van der Waals surface area (Å²) in [5, 5.41) is 2.44. The number of amides is 1. The Bertz CT molecular complexity index is 281. The van der Waals surface area contributed by atoms with Crippen molar-refractivity contribution in [1.29, 1.82) is 0 Å². The molecule has 1 amide bonds. The summed E-state index contributed by atoms with van der Waals surface area (Å²) in [5.41, 5.74) is -0.0985. The maximum absolute atomic E-state index is 11.5. The molecule has 0 bridgehead atoms. The van der Waals surface area contributed by atoms with Gasteiger partial charge in [0.2, 0.25) is 0 Å². The number of carbonyl (C=O) groups excluding carboxylic acids is 2. The summed E-state index contributed by atoms with van der Waals surface area (Å²) in [4.78, 5) is 22.9. The molecule has 0 saturated heterocycles. The average Bonchev–Trinajstić information content (AvgIpc) is 2.21. The highest BCUT2D eigenvalue weighted by Gasteiger charge is 2.19. The minimum Gasteiger partial charge on any atom is -0.464 e. The monoisotopic (exact) mass is 259 g/mol. The summed E-state index contributed by atoms with van der Waals surface area (Å²) in [7, 11) is 0. The molecule has 0 aromatic heterocycles. The van der Waals surface area contributed by atoms with Crippen molar-refractivity contribution in [1.82, 2.24) is 5.32 Å². The van der Waals surface area contributed by atoms with Crippen LogP contribution in [0.25, 0.3) is 0 Å². The van der Waals surface area contributed by atoms with Crippen LogP contribution in [-0.4, -0.2) is 31.3 Å². The first-order valence-electron chi connectivity index (χ1n) is 6.22. The molecule has 1 atom stereocenters. The third-order valence-corrected chi connectivity index (χ3v) is 1.88. The van der Waals surface area contributed by atoms with Gasteiger partial charge in [-0.15, -0.1) is 0 Å². The summed E-state index contributed by atoms with van der Waals surface area (Å²) < 4.78 is 10.00. The second kappa shape index (κ2) is 7.24. The lowest BCUT2D eigenvalue weighted by Gasteiger charge is -2.19. The van der Waals surface area contributed by atoms with Crippen LogP contribution in [0, 0.1) is 11.3 Å². The Balaban J connectivity index is 3.96. The van der Waals surface area contributed by atoms with E-state index in [1.807, 2.05) is 34.6 Å². The third-order valence-electron chi connectivity index (χ3n) is 1.88. The lowest BCUT2D eigenvalue weighted by atomic mass is 9.99. The van der Waals surface area contributed by atoms with Crippen LogP contribution in [0.2, 0.25) is 0 Å². The van der Waals surface area contributed by atoms with Crippen LogP contribution < -0.4 is 5.32 Å². The summed E-state index contributed by atoms with van der Waals surface area (Å²) in [6.45, 7) is 12.0. The first-order valence-corrected chi connectivity index (χ1v) is 6.22. The van der Waals surface area contributed by atoms with Gasteiger partial charge in [0.1, 0.15) is 6.04 Å². The Hall–Kier alpha value is -1.26. The molecule has 0 aliphatic heterocycles. The van der Waals surface area contributed by atoms with E-state index < -0.39 is 18.1 Å². The van der Waals surface area contributed by atoms with E-state index in [0.29, 0.717) is 13.2 Å². The van der Waals surface area contributed by atoms with Crippen molar-refractivity contribution in [3.05, 3.63) is 0 Å². The Morgan fingerprint density at radius 1 is 1.11 bits per heavy atom. The molecule has 0 heterocycles. The number of nitrogens with one attached hydrogen (secondary N) is 1. The summed E-state index contributed by atoms with van der Waals surface area (Å²) in [6.07, 6.45) is -0.598. The van der Waals surface area contributed by atoms with Gasteiger partial charge >= 0.3 is 12.1 Å². The molecule has 0 aliphatic carbocycles. The zero-order valence-electron chi connectivity index (χ0n) is 12.2. The fraction of sp³-hybridized carbons (Fsp3) is 0.846. The molecule has 0 spiro atoms. The van der Waals surface area contributed by atoms with Gasteiger partial charge in [-0.2, -0.15) is 0 Å². The van der Waals surface area contributed by atoms with E-state index >= 15 is 0 Å². The van der Waals surface area contributed by atoms with Crippen molar-refractivity contribution in [3.8, 4) is 0 Å². The van der Waals surface area contributed by atoms with Crippen LogP contribution in [0.15, 0.2) is 0 Å². The van der Waals surface area contributed by atoms with Crippen LogP contribution in [0.1, 0.15) is 41.5 Å². The number of hydrogen-bond acceptors (Lipinski definition) is 4. The number of ether oxygens (including phenoxy) is 2. The van der Waals surface area contributed by atoms with Crippen molar-refractivity contribution in [2.24, 2.45) is 11.3 Å². The van der Waals surface area contributed by atoms with Gasteiger partial charge < -0.3 is 14.8 Å². The molecule has 0 aromatic rings. The van der Waals surface area contributed by atoms with Crippen LogP contribution in [-0.2, 0) is 14.3 Å². The normalized spacial score (nSPS) is 13.1. The molecule has 0 rings (SSSR count). The van der Waals surface area contributed by atoms with Crippen molar-refractivity contribution in [2.75, 3.05) is 13.2 Å². The minimum atomic E-state index is -0.698. The smallest absolute Gasteiger partial charge is 0.407 e. The topological polar surface area (TPSA) is 64.6 Å². The predicted molar refractivity (Wildman–Crippen MR) is 69.2 cm³/mol. The zero-order chi connectivity index (χ0) is 14.3. The molecular weight excluding hydrogens is 234 g/mol. The van der Waals surface area contributed by atoms with Crippen molar-refractivity contribution in [2.45, 2.75) is 47.6 Å². The Morgan fingerprint density at radius 2 is 1.67 bits per heavy atom. The van der Waals surface area contributed by atoms with Crippen molar-refractivity contribution >= 4 is 12.1 Å². The first-order chi connectivity index (χ1) is 8.11. The highest BCUT2D eigenvalue weighted by molar-refractivity contribution is 5.80. The van der Waals surface area contributed by atoms with Gasteiger partial charge in [-0.3, -0.25) is 0 Å². The maximum atomic E-state index is 11.5. The fourth-order valence-corrected chi connectivity index (χ4v) is 0.933. The van der Waals surface area contributed by atoms with Crippen LogP contribution in [0.5, 0.6) is 0 Å². The molecule has 1 N–H and O–H groups in total. The largest absolute Gasteiger partial charge is 0.464 e. The highest BCUT2D eigenvalue weighted by atomic mass is 16.6. The molecule has 5 nitrogen and oxygen atoms in total. The van der Waals surface area contributed by atoms with Crippen LogP contribution >= 0.6 is 0 Å². The van der Waals surface area contributed by atoms with Crippen LogP contribution in [0.4, 0.5) is 4.79 Å². The van der Waals surface area contributed by atoms with E-state index in [-0.39, 0.29) is 11.3 Å². The standard InChI is InChI=1S/C13H25NO4/c1-9(2)7-17-11(15)10(3)14-12(16)18-8-13(4,5)6/h9-10H,7-8H2,1-6H3,(H,14,16)/t10-/m0/s1. The average molecular weight is 259 g/mol. The molecule has 0 saturated carbocycles. The second-order valence-corrected chi connectivity index (χ2v) is 6.03. The molecule has 0 unspecified atom stereocenters. The summed E-state index contributed by atoms with van der Waals surface area (Å²) in [5.74, 6) is -0.176. The number of rotatable bonds is 5. The molecule has 5 heteroatoms. The number of carbonyl (C=O) groups is 2. The van der Waals surface area contributed by atoms with Gasteiger partial charge in [0.15, 0.2) is 0 Å². The number of hydrogen-bond donors (Lipinski definition) is 1. The third kappa shape index (κ3) is 8.84. The maximum Gasteiger partial charge on any atom is 0.407 e. The van der Waals surface area contributed by atoms with Gasteiger partial charge in [0.25, 0.3) is 0 Å². The zero-order valence-corrected chi connectivity index (χ0v) is 12.2. The highest BCUT2D eigenvalue weighted by Crippen LogP contribution is 2.12. The fourth-order valence-electron chi connectivity index (χ4n) is 0.933. The lowest BCUT2D eigenvalue weighted by Crippen LogP contribution is -2.41. The molecule has 0 aromatic carbocycles. The molecule has 0 radical (unpaired) electrons. The van der Waals surface area contributed by atoms with Gasteiger partial charge in [0.05, 0.1) is 13.2 Å². The number of alkyl carbamates (subject to hydrolysis) is 1. The Labute approximate surface area is 109 Å². The van der Waals surface area contributed by atoms with Crippen LogP contribution in [0.3, 0.4) is 0 Å². The minimum absolute atomic E-state index is 0.0985. The molecule has 106 valence electrons. The number of esters is 1. The Morgan fingerprint density at radius 3 is 2.11 bits per heavy atom. The lowest BCUT2D eigenvalue weighted by molar-refractivity contribution is -0.146. The van der Waals surface area contributed by atoms with E-state index in [0.717, 1.165) is 0 Å². The van der Waals surface area contributed by atoms with Gasteiger partial charge in [-0.25, -0.2) is 9.59 Å².